The third kappa shape index (κ3) is 2.91. The van der Waals surface area contributed by atoms with Crippen LogP contribution in [0.4, 0.5) is 5.69 Å². The van der Waals surface area contributed by atoms with E-state index in [1.165, 1.54) is 0 Å². The molecule has 0 radical (unpaired) electrons. The Bertz CT molecular complexity index is 636. The van der Waals surface area contributed by atoms with Gasteiger partial charge in [-0.1, -0.05) is 0 Å². The fourth-order valence-electron chi connectivity index (χ4n) is 2.48. The first-order valence-corrected chi connectivity index (χ1v) is 7.70. The van der Waals surface area contributed by atoms with Crippen molar-refractivity contribution in [3.05, 3.63) is 34.6 Å². The molecular formula is C15H18BrN3O2. The highest BCUT2D eigenvalue weighted by atomic mass is 79.9. The molecule has 0 spiro atoms. The topological polar surface area (TPSA) is 39.5 Å². The molecule has 1 aromatic heterocycles. The second-order valence-electron chi connectivity index (χ2n) is 5.02. The fraction of sp³-hybridized carbons (Fsp3) is 0.400. The second kappa shape index (κ2) is 6.07. The largest absolute Gasteiger partial charge is 0.495 e. The van der Waals surface area contributed by atoms with Crippen LogP contribution in [-0.4, -0.2) is 43.2 Å². The molecule has 1 fully saturated rings. The van der Waals surface area contributed by atoms with Crippen LogP contribution in [0.3, 0.4) is 0 Å². The van der Waals surface area contributed by atoms with Crippen molar-refractivity contribution in [3.63, 3.8) is 0 Å². The van der Waals surface area contributed by atoms with E-state index in [9.17, 15) is 0 Å². The molecule has 21 heavy (non-hydrogen) atoms. The maximum atomic E-state index is 5.38. The lowest BCUT2D eigenvalue weighted by Gasteiger charge is -2.27. The zero-order valence-corrected chi connectivity index (χ0v) is 13.8. The third-order valence-corrected chi connectivity index (χ3v) is 4.28. The molecule has 0 unspecified atom stereocenters. The van der Waals surface area contributed by atoms with Crippen LogP contribution in [0.15, 0.2) is 29.0 Å². The Labute approximate surface area is 132 Å². The summed E-state index contributed by atoms with van der Waals surface area (Å²) in [6.07, 6.45) is 3.96. The van der Waals surface area contributed by atoms with Crippen LogP contribution in [0.5, 0.6) is 5.75 Å². The number of anilines is 1. The first-order valence-electron chi connectivity index (χ1n) is 6.91. The number of ether oxygens (including phenoxy) is 2. The molecule has 0 atom stereocenters. The van der Waals surface area contributed by atoms with Crippen LogP contribution < -0.4 is 9.64 Å². The van der Waals surface area contributed by atoms with Gasteiger partial charge in [-0.15, -0.1) is 0 Å². The Morgan fingerprint density at radius 1 is 1.29 bits per heavy atom. The first kappa shape index (κ1) is 14.4. The monoisotopic (exact) mass is 351 g/mol. The molecule has 5 nitrogen and oxygen atoms in total. The summed E-state index contributed by atoms with van der Waals surface area (Å²) in [5.74, 6) is 0.805. The van der Waals surface area contributed by atoms with Gasteiger partial charge in [-0.2, -0.15) is 5.10 Å². The van der Waals surface area contributed by atoms with Crippen molar-refractivity contribution in [2.24, 2.45) is 0 Å². The molecule has 112 valence electrons. The van der Waals surface area contributed by atoms with Crippen LogP contribution in [-0.2, 0) is 4.74 Å². The number of rotatable bonds is 3. The minimum Gasteiger partial charge on any atom is -0.495 e. The molecule has 6 heteroatoms. The van der Waals surface area contributed by atoms with E-state index < -0.39 is 0 Å². The Morgan fingerprint density at radius 3 is 2.76 bits per heavy atom. The Hall–Kier alpha value is -1.53. The predicted octanol–water partition coefficient (Wildman–Crippen LogP) is 2.79. The summed E-state index contributed by atoms with van der Waals surface area (Å²) in [6, 6.07) is 4.04. The lowest BCUT2D eigenvalue weighted by atomic mass is 10.2. The van der Waals surface area contributed by atoms with Gasteiger partial charge in [0.1, 0.15) is 5.75 Å². The minimum atomic E-state index is 0.774. The molecule has 2 aromatic rings. The molecule has 0 N–H and O–H groups in total. The van der Waals surface area contributed by atoms with Crippen molar-refractivity contribution < 1.29 is 9.47 Å². The van der Waals surface area contributed by atoms with Gasteiger partial charge < -0.3 is 14.4 Å². The van der Waals surface area contributed by atoms with E-state index in [0.717, 1.165) is 53.5 Å². The highest BCUT2D eigenvalue weighted by Gasteiger charge is 2.14. The van der Waals surface area contributed by atoms with E-state index >= 15 is 0 Å². The average Bonchev–Trinajstić information content (AvgIpc) is 2.98. The average molecular weight is 352 g/mol. The number of methoxy groups -OCH3 is 1. The van der Waals surface area contributed by atoms with E-state index in [1.54, 1.807) is 7.11 Å². The lowest BCUT2D eigenvalue weighted by molar-refractivity contribution is 0.122. The number of benzene rings is 1. The number of aromatic nitrogens is 2. The maximum Gasteiger partial charge on any atom is 0.135 e. The van der Waals surface area contributed by atoms with Gasteiger partial charge in [0.05, 0.1) is 48.6 Å². The highest BCUT2D eigenvalue weighted by molar-refractivity contribution is 9.10. The highest BCUT2D eigenvalue weighted by Crippen LogP contribution is 2.30. The maximum absolute atomic E-state index is 5.38. The van der Waals surface area contributed by atoms with Crippen molar-refractivity contribution in [2.45, 2.75) is 6.92 Å². The van der Waals surface area contributed by atoms with Crippen LogP contribution >= 0.6 is 15.9 Å². The summed E-state index contributed by atoms with van der Waals surface area (Å²) in [6.45, 7) is 5.44. The molecule has 2 heterocycles. The van der Waals surface area contributed by atoms with Crippen LogP contribution in [0.25, 0.3) is 5.69 Å². The zero-order chi connectivity index (χ0) is 14.8. The molecule has 1 aromatic carbocycles. The number of halogens is 1. The molecule has 1 saturated heterocycles. The van der Waals surface area contributed by atoms with Gasteiger partial charge in [-0.3, -0.25) is 0 Å². The Balaban J connectivity index is 1.92. The van der Waals surface area contributed by atoms with Gasteiger partial charge in [0.15, 0.2) is 0 Å². The van der Waals surface area contributed by atoms with Crippen LogP contribution in [0.1, 0.15) is 5.56 Å². The number of hydrogen-bond donors (Lipinski definition) is 0. The summed E-state index contributed by atoms with van der Waals surface area (Å²) in [5, 5.41) is 4.49. The summed E-state index contributed by atoms with van der Waals surface area (Å²) >= 11 is 3.50. The van der Waals surface area contributed by atoms with E-state index in [0.29, 0.717) is 0 Å². The number of morpholine rings is 1. The number of hydrogen-bond acceptors (Lipinski definition) is 4. The molecule has 0 saturated carbocycles. The minimum absolute atomic E-state index is 0.774. The van der Waals surface area contributed by atoms with Gasteiger partial charge in [0, 0.05) is 19.2 Å². The van der Waals surface area contributed by atoms with Crippen molar-refractivity contribution in [3.8, 4) is 11.4 Å². The molecule has 0 bridgehead atoms. The van der Waals surface area contributed by atoms with Gasteiger partial charge in [0.25, 0.3) is 0 Å². The summed E-state index contributed by atoms with van der Waals surface area (Å²) in [7, 11) is 1.67. The standard InChI is InChI=1S/C15H18BrN3O2/c1-11-7-13(16)15(20-2)8-14(11)19-10-12(9-17-19)18-3-5-21-6-4-18/h7-10H,3-6H2,1-2H3. The fourth-order valence-corrected chi connectivity index (χ4v) is 3.09. The number of aryl methyl sites for hydroxylation is 1. The quantitative estimate of drug-likeness (QED) is 0.852. The Morgan fingerprint density at radius 2 is 2.05 bits per heavy atom. The Kier molecular flexibility index (Phi) is 4.17. The van der Waals surface area contributed by atoms with Crippen molar-refractivity contribution >= 4 is 21.6 Å². The molecule has 3 rings (SSSR count). The zero-order valence-electron chi connectivity index (χ0n) is 12.2. The molecule has 0 amide bonds. The van der Waals surface area contributed by atoms with E-state index in [1.807, 2.05) is 23.0 Å². The van der Waals surface area contributed by atoms with Gasteiger partial charge in [-0.05, 0) is 34.5 Å². The molecule has 1 aliphatic heterocycles. The van der Waals surface area contributed by atoms with Crippen molar-refractivity contribution in [1.82, 2.24) is 9.78 Å². The predicted molar refractivity (Wildman–Crippen MR) is 85.6 cm³/mol. The molecule has 1 aliphatic rings. The van der Waals surface area contributed by atoms with Crippen molar-refractivity contribution in [1.29, 1.82) is 0 Å². The SMILES string of the molecule is COc1cc(-n2cc(N3CCOCC3)cn2)c(C)cc1Br. The second-order valence-corrected chi connectivity index (χ2v) is 5.87. The summed E-state index contributed by atoms with van der Waals surface area (Å²) in [5.41, 5.74) is 3.29. The summed E-state index contributed by atoms with van der Waals surface area (Å²) < 4.78 is 13.6. The van der Waals surface area contributed by atoms with Crippen molar-refractivity contribution in [2.75, 3.05) is 38.3 Å². The van der Waals surface area contributed by atoms with Gasteiger partial charge >= 0.3 is 0 Å². The van der Waals surface area contributed by atoms with E-state index in [2.05, 4.69) is 39.0 Å². The molecule has 0 aliphatic carbocycles. The van der Waals surface area contributed by atoms with E-state index in [-0.39, 0.29) is 0 Å². The van der Waals surface area contributed by atoms with E-state index in [4.69, 9.17) is 9.47 Å². The number of nitrogens with zero attached hydrogens (tertiary/aromatic N) is 3. The molecular weight excluding hydrogens is 334 g/mol. The normalized spacial score (nSPS) is 15.3. The van der Waals surface area contributed by atoms with Gasteiger partial charge in [0.2, 0.25) is 0 Å². The third-order valence-electron chi connectivity index (χ3n) is 3.66. The van der Waals surface area contributed by atoms with Crippen LogP contribution in [0.2, 0.25) is 0 Å². The van der Waals surface area contributed by atoms with Crippen LogP contribution in [0, 0.1) is 6.92 Å². The van der Waals surface area contributed by atoms with Gasteiger partial charge in [-0.25, -0.2) is 4.68 Å². The lowest BCUT2D eigenvalue weighted by Crippen LogP contribution is -2.35. The summed E-state index contributed by atoms with van der Waals surface area (Å²) in [4.78, 5) is 2.29. The smallest absolute Gasteiger partial charge is 0.135 e. The first-order chi connectivity index (χ1) is 10.2.